The van der Waals surface area contributed by atoms with Crippen molar-refractivity contribution in [2.45, 2.75) is 45.6 Å². The Kier molecular flexibility index (Phi) is 11.3. The first-order valence-electron chi connectivity index (χ1n) is 13.8. The predicted molar refractivity (Wildman–Crippen MR) is 162 cm³/mol. The van der Waals surface area contributed by atoms with Gasteiger partial charge in [0.25, 0.3) is 0 Å². The number of carbonyl (C=O) groups is 2. The van der Waals surface area contributed by atoms with Crippen molar-refractivity contribution in [3.8, 4) is 5.75 Å². The number of unbranched alkanes of at least 4 members (excludes halogenated alkanes) is 2. The predicted octanol–water partition coefficient (Wildman–Crippen LogP) is 7.38. The van der Waals surface area contributed by atoms with Gasteiger partial charge in [0.15, 0.2) is 0 Å². The zero-order valence-corrected chi connectivity index (χ0v) is 24.0. The second-order valence-corrected chi connectivity index (χ2v) is 9.97. The molecule has 0 saturated heterocycles. The van der Waals surface area contributed by atoms with Crippen LogP contribution in [-0.2, 0) is 16.1 Å². The molecule has 0 fully saturated rings. The zero-order valence-electron chi connectivity index (χ0n) is 23.3. The highest BCUT2D eigenvalue weighted by atomic mass is 35.5. The molecule has 42 heavy (non-hydrogen) atoms. The molecule has 0 spiro atoms. The number of hydrogen-bond acceptors (Lipinski definition) is 7. The molecule has 4 aromatic rings. The summed E-state index contributed by atoms with van der Waals surface area (Å²) in [4.78, 5) is 32.8. The topological polar surface area (TPSA) is 114 Å². The number of carbonyl (C=O) groups excluding carboxylic acids is 2. The zero-order chi connectivity index (χ0) is 29.7. The molecule has 0 bridgehead atoms. The molecule has 0 aliphatic heterocycles. The van der Waals surface area contributed by atoms with Gasteiger partial charge in [-0.15, -0.1) is 0 Å². The van der Waals surface area contributed by atoms with Gasteiger partial charge in [-0.2, -0.15) is 0 Å². The van der Waals surface area contributed by atoms with Crippen LogP contribution >= 0.6 is 11.6 Å². The van der Waals surface area contributed by atoms with Crippen LogP contribution < -0.4 is 20.7 Å². The van der Waals surface area contributed by atoms with Crippen molar-refractivity contribution in [3.05, 3.63) is 83.4 Å². The fourth-order valence-corrected chi connectivity index (χ4v) is 4.27. The maximum atomic E-state index is 13.4. The van der Waals surface area contributed by atoms with Crippen molar-refractivity contribution in [3.63, 3.8) is 0 Å². The highest BCUT2D eigenvalue weighted by molar-refractivity contribution is 6.32. The molecule has 0 aliphatic rings. The van der Waals surface area contributed by atoms with Crippen molar-refractivity contribution in [2.24, 2.45) is 0 Å². The minimum atomic E-state index is -0.428. The minimum absolute atomic E-state index is 0.133. The number of benzene rings is 3. The van der Waals surface area contributed by atoms with E-state index >= 15 is 0 Å². The standard InChI is InChI=1S/C31H33ClFN5O4/c1-2-3-15-41-31(40)34-14-5-4-9-29(39)37-23-10-12-27-25(17-23)30(36-20-35-27)38-24-11-13-28(26(32)18-24)42-19-21-7-6-8-22(33)16-21/h6-8,10-13,16-18,20H,2-5,9,14-15,19H2,1H3,(H,34,40)(H,37,39)(H,35,36,38). The monoisotopic (exact) mass is 593 g/mol. The number of rotatable bonds is 14. The lowest BCUT2D eigenvalue weighted by Crippen LogP contribution is -2.25. The van der Waals surface area contributed by atoms with Gasteiger partial charge >= 0.3 is 6.09 Å². The van der Waals surface area contributed by atoms with E-state index < -0.39 is 6.09 Å². The third-order valence-electron chi connectivity index (χ3n) is 6.23. The average Bonchev–Trinajstić information content (AvgIpc) is 2.97. The van der Waals surface area contributed by atoms with Gasteiger partial charge in [0.05, 0.1) is 17.1 Å². The Bertz CT molecular complexity index is 1520. The van der Waals surface area contributed by atoms with Gasteiger partial charge in [0.1, 0.15) is 30.3 Å². The summed E-state index contributed by atoms with van der Waals surface area (Å²) in [7, 11) is 0. The van der Waals surface area contributed by atoms with Gasteiger partial charge in [0.2, 0.25) is 5.91 Å². The van der Waals surface area contributed by atoms with Gasteiger partial charge in [-0.1, -0.05) is 37.1 Å². The Morgan fingerprint density at radius 2 is 1.83 bits per heavy atom. The molecule has 3 N–H and O–H groups in total. The van der Waals surface area contributed by atoms with Crippen molar-refractivity contribution < 1.29 is 23.5 Å². The molecule has 1 heterocycles. The van der Waals surface area contributed by atoms with E-state index in [0.717, 1.165) is 12.8 Å². The largest absolute Gasteiger partial charge is 0.487 e. The first kappa shape index (κ1) is 30.5. The van der Waals surface area contributed by atoms with Crippen molar-refractivity contribution >= 4 is 51.7 Å². The molecule has 0 unspecified atom stereocenters. The first-order valence-corrected chi connectivity index (χ1v) is 14.2. The lowest BCUT2D eigenvalue weighted by Gasteiger charge is -2.13. The quantitative estimate of drug-likeness (QED) is 0.131. The molecular weight excluding hydrogens is 561 g/mol. The third kappa shape index (κ3) is 9.31. The summed E-state index contributed by atoms with van der Waals surface area (Å²) in [6.45, 7) is 3.07. The van der Waals surface area contributed by atoms with Crippen LogP contribution in [0.15, 0.2) is 67.0 Å². The first-order chi connectivity index (χ1) is 20.4. The van der Waals surface area contributed by atoms with Crippen LogP contribution in [0.4, 0.5) is 26.4 Å². The molecule has 0 atom stereocenters. The maximum Gasteiger partial charge on any atom is 0.407 e. The van der Waals surface area contributed by atoms with Gasteiger partial charge in [-0.3, -0.25) is 4.79 Å². The van der Waals surface area contributed by atoms with Crippen LogP contribution in [0.2, 0.25) is 5.02 Å². The van der Waals surface area contributed by atoms with Crippen LogP contribution in [0.1, 0.15) is 44.6 Å². The molecule has 2 amide bonds. The average molecular weight is 594 g/mol. The number of nitrogens with one attached hydrogen (secondary N) is 3. The summed E-state index contributed by atoms with van der Waals surface area (Å²) in [5.74, 6) is 0.545. The van der Waals surface area contributed by atoms with Gasteiger partial charge in [0, 0.05) is 29.7 Å². The lowest BCUT2D eigenvalue weighted by atomic mass is 10.2. The number of halogens is 2. The molecule has 220 valence electrons. The summed E-state index contributed by atoms with van der Waals surface area (Å²) in [5, 5.41) is 9.95. The van der Waals surface area contributed by atoms with E-state index in [1.165, 1.54) is 18.5 Å². The number of hydrogen-bond donors (Lipinski definition) is 3. The Labute approximate surface area is 248 Å². The van der Waals surface area contributed by atoms with Crippen LogP contribution in [0, 0.1) is 5.82 Å². The van der Waals surface area contributed by atoms with Gasteiger partial charge in [-0.05, 0) is 73.4 Å². The van der Waals surface area contributed by atoms with Crippen LogP contribution in [0.3, 0.4) is 0 Å². The fourth-order valence-electron chi connectivity index (χ4n) is 4.04. The summed E-state index contributed by atoms with van der Waals surface area (Å²) in [6, 6.07) is 16.8. The number of alkyl carbamates (subject to hydrolysis) is 1. The molecular formula is C31H33ClFN5O4. The van der Waals surface area contributed by atoms with E-state index in [1.807, 2.05) is 19.1 Å². The van der Waals surface area contributed by atoms with Gasteiger partial charge < -0.3 is 25.4 Å². The van der Waals surface area contributed by atoms with Crippen molar-refractivity contribution in [2.75, 3.05) is 23.8 Å². The van der Waals surface area contributed by atoms with Crippen LogP contribution in [-0.4, -0.2) is 35.1 Å². The van der Waals surface area contributed by atoms with Crippen LogP contribution in [0.25, 0.3) is 10.9 Å². The number of aromatic nitrogens is 2. The van der Waals surface area contributed by atoms with E-state index in [-0.39, 0.29) is 18.3 Å². The normalized spacial score (nSPS) is 10.7. The third-order valence-corrected chi connectivity index (χ3v) is 6.52. The summed E-state index contributed by atoms with van der Waals surface area (Å²) in [5.41, 5.74) is 2.68. The number of fused-ring (bicyclic) bond motifs is 1. The van der Waals surface area contributed by atoms with E-state index in [4.69, 9.17) is 21.1 Å². The Morgan fingerprint density at radius 3 is 2.64 bits per heavy atom. The van der Waals surface area contributed by atoms with Crippen LogP contribution in [0.5, 0.6) is 5.75 Å². The van der Waals surface area contributed by atoms with E-state index in [1.54, 1.807) is 36.4 Å². The lowest BCUT2D eigenvalue weighted by molar-refractivity contribution is -0.116. The summed E-state index contributed by atoms with van der Waals surface area (Å²) in [6.07, 6.45) is 4.42. The number of ether oxygens (including phenoxy) is 2. The van der Waals surface area contributed by atoms with E-state index in [0.29, 0.717) is 76.8 Å². The highest BCUT2D eigenvalue weighted by Gasteiger charge is 2.10. The molecule has 1 aromatic heterocycles. The van der Waals surface area contributed by atoms with Gasteiger partial charge in [-0.25, -0.2) is 19.2 Å². The molecule has 3 aromatic carbocycles. The minimum Gasteiger partial charge on any atom is -0.487 e. The second kappa shape index (κ2) is 15.5. The Balaban J connectivity index is 1.31. The Morgan fingerprint density at radius 1 is 0.976 bits per heavy atom. The molecule has 0 radical (unpaired) electrons. The highest BCUT2D eigenvalue weighted by Crippen LogP contribution is 2.31. The Hall–Kier alpha value is -4.44. The number of nitrogens with zero attached hydrogens (tertiary/aromatic N) is 2. The number of anilines is 3. The SMILES string of the molecule is CCCCOC(=O)NCCCCC(=O)Nc1ccc2ncnc(Nc3ccc(OCc4cccc(F)c4)c(Cl)c3)c2c1. The molecule has 0 saturated carbocycles. The molecule has 9 nitrogen and oxygen atoms in total. The summed E-state index contributed by atoms with van der Waals surface area (Å²) >= 11 is 6.45. The summed E-state index contributed by atoms with van der Waals surface area (Å²) < 4.78 is 24.2. The van der Waals surface area contributed by atoms with E-state index in [9.17, 15) is 14.0 Å². The van der Waals surface area contributed by atoms with Crippen molar-refractivity contribution in [1.29, 1.82) is 0 Å². The maximum absolute atomic E-state index is 13.4. The second-order valence-electron chi connectivity index (χ2n) is 9.56. The van der Waals surface area contributed by atoms with Crippen molar-refractivity contribution in [1.82, 2.24) is 15.3 Å². The fraction of sp³-hybridized carbons (Fsp3) is 0.290. The van der Waals surface area contributed by atoms with E-state index in [2.05, 4.69) is 25.9 Å². The molecule has 11 heteroatoms. The smallest absolute Gasteiger partial charge is 0.407 e. The number of amides is 2. The molecule has 4 rings (SSSR count). The molecule has 0 aliphatic carbocycles.